The summed E-state index contributed by atoms with van der Waals surface area (Å²) >= 11 is 0. The zero-order valence-corrected chi connectivity index (χ0v) is 18.5. The smallest absolute Gasteiger partial charge is 0.326 e. The molecule has 3 rings (SSSR count). The van der Waals surface area contributed by atoms with E-state index in [4.69, 9.17) is 4.74 Å². The Bertz CT molecular complexity index is 768. The SMILES string of the molecule is CCOC(=O)[C@@H](CCc1ccccc1)N[C@@H](C)C(=O)N1[C@@H](C(=O)O)C[C@H]2CCCC[C@H]21. The Balaban J connectivity index is 1.70. The van der Waals surface area contributed by atoms with Gasteiger partial charge in [0.05, 0.1) is 12.6 Å². The number of amides is 1. The highest BCUT2D eigenvalue weighted by Gasteiger charge is 2.48. The third-order valence-corrected chi connectivity index (χ3v) is 6.58. The Morgan fingerprint density at radius 1 is 1.19 bits per heavy atom. The number of rotatable bonds is 9. The second-order valence-electron chi connectivity index (χ2n) is 8.66. The number of hydrogen-bond donors (Lipinski definition) is 2. The first-order chi connectivity index (χ1) is 14.9. The first-order valence-electron chi connectivity index (χ1n) is 11.4. The number of esters is 1. The lowest BCUT2D eigenvalue weighted by Crippen LogP contribution is -2.55. The summed E-state index contributed by atoms with van der Waals surface area (Å²) in [7, 11) is 0. The molecule has 2 N–H and O–H groups in total. The molecular formula is C24H34N2O5. The van der Waals surface area contributed by atoms with Gasteiger partial charge in [0, 0.05) is 6.04 Å². The van der Waals surface area contributed by atoms with Gasteiger partial charge in [0.15, 0.2) is 0 Å². The van der Waals surface area contributed by atoms with E-state index in [0.717, 1.165) is 31.2 Å². The highest BCUT2D eigenvalue weighted by molar-refractivity contribution is 5.88. The summed E-state index contributed by atoms with van der Waals surface area (Å²) in [6.07, 6.45) is 5.62. The van der Waals surface area contributed by atoms with E-state index in [1.807, 2.05) is 30.3 Å². The van der Waals surface area contributed by atoms with E-state index < -0.39 is 24.1 Å². The van der Waals surface area contributed by atoms with Crippen molar-refractivity contribution >= 4 is 17.8 Å². The molecule has 0 spiro atoms. The van der Waals surface area contributed by atoms with Gasteiger partial charge >= 0.3 is 11.9 Å². The summed E-state index contributed by atoms with van der Waals surface area (Å²) in [5, 5.41) is 12.9. The van der Waals surface area contributed by atoms with Crippen LogP contribution in [0.25, 0.3) is 0 Å². The normalized spacial score (nSPS) is 24.8. The van der Waals surface area contributed by atoms with E-state index in [1.54, 1.807) is 18.7 Å². The van der Waals surface area contributed by atoms with Crippen LogP contribution in [-0.2, 0) is 25.5 Å². The molecule has 0 unspecified atom stereocenters. The molecule has 170 valence electrons. The van der Waals surface area contributed by atoms with Gasteiger partial charge in [-0.05, 0) is 57.4 Å². The van der Waals surface area contributed by atoms with Gasteiger partial charge < -0.3 is 14.7 Å². The molecule has 31 heavy (non-hydrogen) atoms. The molecule has 0 bridgehead atoms. The fourth-order valence-corrected chi connectivity index (χ4v) is 5.06. The van der Waals surface area contributed by atoms with E-state index >= 15 is 0 Å². The van der Waals surface area contributed by atoms with Gasteiger partial charge in [-0.15, -0.1) is 0 Å². The highest BCUT2D eigenvalue weighted by Crippen LogP contribution is 2.40. The zero-order valence-electron chi connectivity index (χ0n) is 18.5. The number of aliphatic carboxylic acids is 1. The molecular weight excluding hydrogens is 396 g/mol. The van der Waals surface area contributed by atoms with Crippen LogP contribution in [0.4, 0.5) is 0 Å². The maximum absolute atomic E-state index is 13.4. The predicted molar refractivity (Wildman–Crippen MR) is 116 cm³/mol. The average Bonchev–Trinajstić information content (AvgIpc) is 3.16. The maximum atomic E-state index is 13.4. The molecule has 5 atom stereocenters. The van der Waals surface area contributed by atoms with Crippen molar-refractivity contribution in [3.8, 4) is 0 Å². The standard InChI is InChI=1S/C24H34N2O5/c1-3-31-24(30)19(14-13-17-9-5-4-6-10-17)25-16(2)22(27)26-20-12-8-7-11-18(20)15-21(26)23(28)29/h4-6,9-10,16,18-21,25H,3,7-8,11-15H2,1-2H3,(H,28,29)/t16-,18+,19+,20+,21+/m0/s1. The van der Waals surface area contributed by atoms with Crippen molar-refractivity contribution < 1.29 is 24.2 Å². The first-order valence-corrected chi connectivity index (χ1v) is 11.4. The summed E-state index contributed by atoms with van der Waals surface area (Å²) in [5.74, 6) is -1.31. The van der Waals surface area contributed by atoms with Gasteiger partial charge in [0.2, 0.25) is 5.91 Å². The van der Waals surface area contributed by atoms with Crippen LogP contribution in [0, 0.1) is 5.92 Å². The molecule has 1 saturated heterocycles. The van der Waals surface area contributed by atoms with Crippen LogP contribution in [0.2, 0.25) is 0 Å². The molecule has 1 heterocycles. The Hall–Kier alpha value is -2.41. The van der Waals surface area contributed by atoms with Crippen molar-refractivity contribution in [1.82, 2.24) is 10.2 Å². The summed E-state index contributed by atoms with van der Waals surface area (Å²) < 4.78 is 5.22. The summed E-state index contributed by atoms with van der Waals surface area (Å²) in [6, 6.07) is 7.75. The third-order valence-electron chi connectivity index (χ3n) is 6.58. The lowest BCUT2D eigenvalue weighted by atomic mass is 9.84. The lowest BCUT2D eigenvalue weighted by molar-refractivity contribution is -0.152. The van der Waals surface area contributed by atoms with Crippen molar-refractivity contribution in [2.24, 2.45) is 5.92 Å². The molecule has 1 aromatic rings. The quantitative estimate of drug-likeness (QED) is 0.585. The predicted octanol–water partition coefficient (Wildman–Crippen LogP) is 2.77. The molecule has 1 amide bonds. The maximum Gasteiger partial charge on any atom is 0.326 e. The Kier molecular flexibility index (Phi) is 8.07. The van der Waals surface area contributed by atoms with E-state index in [9.17, 15) is 19.5 Å². The van der Waals surface area contributed by atoms with Gasteiger partial charge in [-0.25, -0.2) is 4.79 Å². The molecule has 0 aromatic heterocycles. The van der Waals surface area contributed by atoms with Gasteiger partial charge in [-0.2, -0.15) is 0 Å². The van der Waals surface area contributed by atoms with Gasteiger partial charge in [-0.3, -0.25) is 14.9 Å². The monoisotopic (exact) mass is 430 g/mol. The van der Waals surface area contributed by atoms with Crippen LogP contribution in [0.5, 0.6) is 0 Å². The first kappa shape index (κ1) is 23.3. The van der Waals surface area contributed by atoms with E-state index in [0.29, 0.717) is 19.3 Å². The second-order valence-corrected chi connectivity index (χ2v) is 8.66. The second kappa shape index (κ2) is 10.8. The Morgan fingerprint density at radius 3 is 2.58 bits per heavy atom. The van der Waals surface area contributed by atoms with Crippen molar-refractivity contribution in [3.63, 3.8) is 0 Å². The number of carbonyl (C=O) groups excluding carboxylic acids is 2. The minimum Gasteiger partial charge on any atom is -0.480 e. The molecule has 0 radical (unpaired) electrons. The van der Waals surface area contributed by atoms with Crippen molar-refractivity contribution in [2.75, 3.05) is 6.61 Å². The number of aryl methyl sites for hydroxylation is 1. The van der Waals surface area contributed by atoms with Crippen LogP contribution in [0.3, 0.4) is 0 Å². The number of likely N-dealkylation sites (tertiary alicyclic amines) is 1. The Labute approximate surface area is 184 Å². The van der Waals surface area contributed by atoms with Crippen LogP contribution >= 0.6 is 0 Å². The van der Waals surface area contributed by atoms with Crippen molar-refractivity contribution in [3.05, 3.63) is 35.9 Å². The number of carboxylic acid groups (broad SMARTS) is 1. The number of carboxylic acids is 1. The fraction of sp³-hybridized carbons (Fsp3) is 0.625. The zero-order chi connectivity index (χ0) is 22.4. The van der Waals surface area contributed by atoms with E-state index in [1.165, 1.54) is 0 Å². The topological polar surface area (TPSA) is 95.9 Å². The number of fused-ring (bicyclic) bond motifs is 1. The molecule has 2 aliphatic rings. The number of nitrogens with one attached hydrogen (secondary N) is 1. The van der Waals surface area contributed by atoms with E-state index in [-0.39, 0.29) is 30.4 Å². The van der Waals surface area contributed by atoms with Crippen LogP contribution in [-0.4, -0.2) is 58.6 Å². The largest absolute Gasteiger partial charge is 0.480 e. The van der Waals surface area contributed by atoms with E-state index in [2.05, 4.69) is 5.32 Å². The summed E-state index contributed by atoms with van der Waals surface area (Å²) in [5.41, 5.74) is 1.10. The highest BCUT2D eigenvalue weighted by atomic mass is 16.5. The number of nitrogens with zero attached hydrogens (tertiary/aromatic N) is 1. The minimum atomic E-state index is -0.944. The molecule has 7 heteroatoms. The van der Waals surface area contributed by atoms with Crippen molar-refractivity contribution in [1.29, 1.82) is 0 Å². The number of benzene rings is 1. The fourth-order valence-electron chi connectivity index (χ4n) is 5.06. The molecule has 1 aromatic carbocycles. The third kappa shape index (κ3) is 5.64. The average molecular weight is 431 g/mol. The molecule has 7 nitrogen and oxygen atoms in total. The summed E-state index contributed by atoms with van der Waals surface area (Å²) in [6.45, 7) is 3.74. The molecule has 1 aliphatic heterocycles. The van der Waals surface area contributed by atoms with Gasteiger partial charge in [0.1, 0.15) is 12.1 Å². The number of hydrogen-bond acceptors (Lipinski definition) is 5. The van der Waals surface area contributed by atoms with Gasteiger partial charge in [0.25, 0.3) is 0 Å². The number of carbonyl (C=O) groups is 3. The minimum absolute atomic E-state index is 0.0167. The van der Waals surface area contributed by atoms with Crippen LogP contribution < -0.4 is 5.32 Å². The molecule has 1 saturated carbocycles. The Morgan fingerprint density at radius 2 is 1.90 bits per heavy atom. The van der Waals surface area contributed by atoms with Crippen LogP contribution in [0.15, 0.2) is 30.3 Å². The molecule has 2 fully saturated rings. The lowest BCUT2D eigenvalue weighted by Gasteiger charge is -2.35. The van der Waals surface area contributed by atoms with Crippen LogP contribution in [0.1, 0.15) is 57.9 Å². The number of ether oxygens (including phenoxy) is 1. The van der Waals surface area contributed by atoms with Gasteiger partial charge in [-0.1, -0.05) is 43.2 Å². The summed E-state index contributed by atoms with van der Waals surface area (Å²) in [4.78, 5) is 39.3. The molecule has 1 aliphatic carbocycles. The van der Waals surface area contributed by atoms with Crippen molar-refractivity contribution in [2.45, 2.75) is 83.0 Å².